The average molecular weight is 105 g/mol. The van der Waals surface area contributed by atoms with Gasteiger partial charge in [0.15, 0.2) is 0 Å². The number of carbonyl (C=O) groups excluding carboxylic acids is 1. The van der Waals surface area contributed by atoms with Crippen molar-refractivity contribution >= 4 is 5.97 Å². The Kier molecular flexibility index (Phi) is 2.33. The Morgan fingerprint density at radius 2 is 2.43 bits per heavy atom. The first-order valence-corrected chi connectivity index (χ1v) is 2.03. The molecule has 0 N–H and O–H groups in total. The smallest absolute Gasteiger partial charge is 0.139 e. The second-order valence-electron chi connectivity index (χ2n) is 1.19. The van der Waals surface area contributed by atoms with Crippen LogP contribution in [0.4, 0.5) is 4.39 Å². The summed E-state index contributed by atoms with van der Waals surface area (Å²) in [5.41, 5.74) is 0. The van der Waals surface area contributed by atoms with Crippen LogP contribution in [-0.4, -0.2) is 12.1 Å². The zero-order valence-corrected chi connectivity index (χ0v) is 3.98. The molecule has 0 saturated carbocycles. The quantitative estimate of drug-likeness (QED) is 0.474. The molecule has 0 saturated heterocycles. The van der Waals surface area contributed by atoms with Gasteiger partial charge in [-0.2, -0.15) is 0 Å². The Morgan fingerprint density at radius 1 is 2.00 bits per heavy atom. The summed E-state index contributed by atoms with van der Waals surface area (Å²) in [5.74, 6) is -1.62. The minimum Gasteiger partial charge on any atom is -0.547 e. The van der Waals surface area contributed by atoms with Gasteiger partial charge >= 0.3 is 0 Å². The molecule has 0 aromatic rings. The molecule has 0 aromatic heterocycles. The molecular formula is C4H6FO2-. The average Bonchev–Trinajstić information content (AvgIpc) is 1.65. The zero-order valence-electron chi connectivity index (χ0n) is 3.98. The van der Waals surface area contributed by atoms with Gasteiger partial charge in [0.05, 0.1) is 5.97 Å². The minimum absolute atomic E-state index is 0.0116. The molecule has 1 unspecified atom stereocenters. The van der Waals surface area contributed by atoms with E-state index >= 15 is 0 Å². The van der Waals surface area contributed by atoms with E-state index in [1.807, 2.05) is 0 Å². The maximum atomic E-state index is 11.6. The van der Waals surface area contributed by atoms with Gasteiger partial charge in [-0.1, -0.05) is 6.92 Å². The summed E-state index contributed by atoms with van der Waals surface area (Å²) in [6, 6.07) is 0. The van der Waals surface area contributed by atoms with Crippen molar-refractivity contribution < 1.29 is 14.3 Å². The Bertz CT molecular complexity index is 72.1. The predicted molar refractivity (Wildman–Crippen MR) is 20.2 cm³/mol. The molecule has 3 heteroatoms. The standard InChI is InChI=1S/C4H7FO2/c1-2-3(5)4(6)7/h3H,2H2,1H3,(H,6,7)/p-1. The van der Waals surface area contributed by atoms with Gasteiger partial charge in [-0.05, 0) is 6.42 Å². The van der Waals surface area contributed by atoms with Gasteiger partial charge in [0, 0.05) is 0 Å². The number of carboxylic acid groups (broad SMARTS) is 1. The predicted octanol–water partition coefficient (Wildman–Crippen LogP) is -0.516. The van der Waals surface area contributed by atoms with Crippen LogP contribution in [0, 0.1) is 0 Å². The first-order chi connectivity index (χ1) is 3.18. The molecule has 0 amide bonds. The number of carbonyl (C=O) groups is 1. The molecule has 0 aliphatic rings. The lowest BCUT2D eigenvalue weighted by Crippen LogP contribution is -2.31. The Morgan fingerprint density at radius 3 is 2.43 bits per heavy atom. The fraction of sp³-hybridized carbons (Fsp3) is 0.750. The van der Waals surface area contributed by atoms with Crippen LogP contribution in [0.3, 0.4) is 0 Å². The lowest BCUT2D eigenvalue weighted by molar-refractivity contribution is -0.311. The second kappa shape index (κ2) is 2.55. The van der Waals surface area contributed by atoms with Crippen molar-refractivity contribution in [3.8, 4) is 0 Å². The van der Waals surface area contributed by atoms with Crippen LogP contribution < -0.4 is 5.11 Å². The lowest BCUT2D eigenvalue weighted by Gasteiger charge is -2.02. The van der Waals surface area contributed by atoms with Crippen molar-refractivity contribution in [3.05, 3.63) is 0 Å². The van der Waals surface area contributed by atoms with Gasteiger partial charge in [0.25, 0.3) is 0 Å². The maximum Gasteiger partial charge on any atom is 0.139 e. The number of carboxylic acids is 1. The highest BCUT2D eigenvalue weighted by Crippen LogP contribution is 1.91. The molecule has 0 aliphatic carbocycles. The van der Waals surface area contributed by atoms with Gasteiger partial charge in [-0.15, -0.1) is 0 Å². The lowest BCUT2D eigenvalue weighted by atomic mass is 10.3. The highest BCUT2D eigenvalue weighted by Gasteiger charge is 2.00. The topological polar surface area (TPSA) is 40.1 Å². The summed E-state index contributed by atoms with van der Waals surface area (Å²) >= 11 is 0. The van der Waals surface area contributed by atoms with E-state index in [1.165, 1.54) is 6.92 Å². The molecule has 0 bridgehead atoms. The van der Waals surface area contributed by atoms with Crippen LogP contribution >= 0.6 is 0 Å². The summed E-state index contributed by atoms with van der Waals surface area (Å²) < 4.78 is 11.6. The van der Waals surface area contributed by atoms with E-state index in [0.29, 0.717) is 0 Å². The SMILES string of the molecule is CCC(F)C(=O)[O-]. The van der Waals surface area contributed by atoms with E-state index in [-0.39, 0.29) is 6.42 Å². The molecule has 0 heterocycles. The third-order valence-electron chi connectivity index (χ3n) is 0.614. The fourth-order valence-electron chi connectivity index (χ4n) is 0.167. The van der Waals surface area contributed by atoms with Crippen molar-refractivity contribution in [3.63, 3.8) is 0 Å². The third-order valence-corrected chi connectivity index (χ3v) is 0.614. The molecule has 0 aromatic carbocycles. The molecule has 42 valence electrons. The van der Waals surface area contributed by atoms with E-state index in [4.69, 9.17) is 0 Å². The largest absolute Gasteiger partial charge is 0.547 e. The van der Waals surface area contributed by atoms with Gasteiger partial charge in [0.1, 0.15) is 6.17 Å². The van der Waals surface area contributed by atoms with Gasteiger partial charge in [0.2, 0.25) is 0 Å². The highest BCUT2D eigenvalue weighted by atomic mass is 19.1. The van der Waals surface area contributed by atoms with Crippen molar-refractivity contribution in [2.75, 3.05) is 0 Å². The summed E-state index contributed by atoms with van der Waals surface area (Å²) in [7, 11) is 0. The minimum atomic E-state index is -1.79. The molecule has 1 atom stereocenters. The van der Waals surface area contributed by atoms with E-state index in [1.54, 1.807) is 0 Å². The van der Waals surface area contributed by atoms with Gasteiger partial charge < -0.3 is 9.90 Å². The third kappa shape index (κ3) is 2.14. The number of aliphatic carboxylic acids is 1. The van der Waals surface area contributed by atoms with E-state index in [9.17, 15) is 14.3 Å². The zero-order chi connectivity index (χ0) is 5.86. The van der Waals surface area contributed by atoms with Gasteiger partial charge in [-0.25, -0.2) is 4.39 Å². The van der Waals surface area contributed by atoms with Crippen molar-refractivity contribution in [2.45, 2.75) is 19.5 Å². The summed E-state index contributed by atoms with van der Waals surface area (Å²) in [6.45, 7) is 1.44. The summed E-state index contributed by atoms with van der Waals surface area (Å²) in [4.78, 5) is 9.44. The molecular weight excluding hydrogens is 99.0 g/mol. The molecule has 0 rings (SSSR count). The number of hydrogen-bond donors (Lipinski definition) is 0. The number of halogens is 1. The first kappa shape index (κ1) is 6.40. The molecule has 2 nitrogen and oxygen atoms in total. The molecule has 0 spiro atoms. The van der Waals surface area contributed by atoms with E-state index < -0.39 is 12.1 Å². The van der Waals surface area contributed by atoms with E-state index in [2.05, 4.69) is 0 Å². The van der Waals surface area contributed by atoms with Crippen molar-refractivity contribution in [1.29, 1.82) is 0 Å². The van der Waals surface area contributed by atoms with Crippen LogP contribution in [0.1, 0.15) is 13.3 Å². The Balaban J connectivity index is 3.34. The molecule has 0 aliphatic heterocycles. The number of hydrogen-bond acceptors (Lipinski definition) is 2. The Labute approximate surface area is 41.0 Å². The first-order valence-electron chi connectivity index (χ1n) is 2.03. The summed E-state index contributed by atoms with van der Waals surface area (Å²) in [5, 5.41) is 9.44. The molecule has 7 heavy (non-hydrogen) atoms. The van der Waals surface area contributed by atoms with Crippen LogP contribution in [0.25, 0.3) is 0 Å². The van der Waals surface area contributed by atoms with Crippen molar-refractivity contribution in [2.24, 2.45) is 0 Å². The molecule has 0 fully saturated rings. The molecule has 0 radical (unpaired) electrons. The van der Waals surface area contributed by atoms with Crippen molar-refractivity contribution in [1.82, 2.24) is 0 Å². The number of rotatable bonds is 2. The monoisotopic (exact) mass is 105 g/mol. The highest BCUT2D eigenvalue weighted by molar-refractivity contribution is 5.69. The van der Waals surface area contributed by atoms with Crippen LogP contribution in [0.15, 0.2) is 0 Å². The summed E-state index contributed by atoms with van der Waals surface area (Å²) in [6.07, 6.45) is -1.80. The fourth-order valence-corrected chi connectivity index (χ4v) is 0.167. The maximum absolute atomic E-state index is 11.6. The normalized spacial score (nSPS) is 13.4. The van der Waals surface area contributed by atoms with Crippen LogP contribution in [0.2, 0.25) is 0 Å². The second-order valence-corrected chi connectivity index (χ2v) is 1.19. The van der Waals surface area contributed by atoms with Crippen LogP contribution in [0.5, 0.6) is 0 Å². The van der Waals surface area contributed by atoms with Gasteiger partial charge in [-0.3, -0.25) is 0 Å². The Hall–Kier alpha value is -0.600. The number of alkyl halides is 1. The van der Waals surface area contributed by atoms with E-state index in [0.717, 1.165) is 0 Å². The van der Waals surface area contributed by atoms with Crippen LogP contribution in [-0.2, 0) is 4.79 Å².